The highest BCUT2D eigenvalue weighted by Gasteiger charge is 2.53. The summed E-state index contributed by atoms with van der Waals surface area (Å²) in [6.07, 6.45) is -6.91. The number of hydrogen-bond acceptors (Lipinski definition) is 16. The maximum atomic E-state index is 15.9. The number of hydrogen-bond donors (Lipinski definition) is 4. The van der Waals surface area contributed by atoms with Gasteiger partial charge >= 0.3 is 7.82 Å². The van der Waals surface area contributed by atoms with E-state index in [9.17, 15) is 22.7 Å². The fourth-order valence-corrected chi connectivity index (χ4v) is 7.92. The topological polar surface area (TPSA) is 277 Å². The van der Waals surface area contributed by atoms with Gasteiger partial charge in [-0.05, 0) is 6.42 Å². The second-order valence-corrected chi connectivity index (χ2v) is 13.9. The van der Waals surface area contributed by atoms with Crippen LogP contribution in [0.15, 0.2) is 23.8 Å². The van der Waals surface area contributed by atoms with Crippen LogP contribution in [-0.4, -0.2) is 95.3 Å². The number of phosphoric ester groups is 1. The van der Waals surface area contributed by atoms with E-state index in [4.69, 9.17) is 34.2 Å². The van der Waals surface area contributed by atoms with Gasteiger partial charge in [0.25, 0.3) is 15.7 Å². The maximum absolute atomic E-state index is 15.9. The highest BCUT2D eigenvalue weighted by molar-refractivity contribution is 7.86. The van der Waals surface area contributed by atoms with Crippen molar-refractivity contribution in [2.75, 3.05) is 23.8 Å². The van der Waals surface area contributed by atoms with E-state index in [1.165, 1.54) is 21.8 Å². The van der Waals surface area contributed by atoms with Crippen LogP contribution >= 0.6 is 7.82 Å². The minimum Gasteiger partial charge on any atom is -0.382 e. The van der Waals surface area contributed by atoms with Gasteiger partial charge in [0.2, 0.25) is 5.95 Å². The zero-order valence-electron chi connectivity index (χ0n) is 23.1. The molecular formula is C22H26FN10O10PS. The molecule has 7 heterocycles. The van der Waals surface area contributed by atoms with Crippen molar-refractivity contribution in [2.45, 2.75) is 56.4 Å². The molecule has 23 heteroatoms. The minimum atomic E-state index is -4.97. The zero-order chi connectivity index (χ0) is 31.8. The molecule has 9 atom stereocenters. The summed E-state index contributed by atoms with van der Waals surface area (Å²) < 4.78 is 86.0. The molecule has 242 valence electrons. The molecule has 0 saturated carbocycles. The van der Waals surface area contributed by atoms with Gasteiger partial charge < -0.3 is 25.8 Å². The lowest BCUT2D eigenvalue weighted by molar-refractivity contribution is -0.0554. The Morgan fingerprint density at radius 2 is 1.76 bits per heavy atom. The third-order valence-corrected chi connectivity index (χ3v) is 10.2. The number of nitrogens with one attached hydrogen (secondary N) is 1. The van der Waals surface area contributed by atoms with Gasteiger partial charge in [0.15, 0.2) is 41.3 Å². The van der Waals surface area contributed by atoms with Crippen molar-refractivity contribution in [3.8, 4) is 0 Å². The number of aromatic amines is 1. The van der Waals surface area contributed by atoms with Crippen LogP contribution in [0, 0.1) is 5.92 Å². The first-order valence-electron chi connectivity index (χ1n) is 13.5. The van der Waals surface area contributed by atoms with E-state index in [1.807, 2.05) is 0 Å². The largest absolute Gasteiger partial charge is 0.472 e. The molecule has 2 bridgehead atoms. The summed E-state index contributed by atoms with van der Waals surface area (Å²) in [4.78, 5) is 45.5. The number of H-pyrrole nitrogens is 1. The molecule has 4 aromatic rings. The number of alkyl halides is 1. The molecule has 2 unspecified atom stereocenters. The molecule has 3 fully saturated rings. The molecule has 3 saturated heterocycles. The molecule has 45 heavy (non-hydrogen) atoms. The second kappa shape index (κ2) is 10.7. The molecule has 4 aromatic heterocycles. The normalized spacial score (nSPS) is 35.5. The molecule has 0 aliphatic carbocycles. The predicted octanol–water partition coefficient (Wildman–Crippen LogP) is -0.486. The van der Waals surface area contributed by atoms with Crippen LogP contribution in [0.4, 0.5) is 16.2 Å². The number of ether oxygens (including phenoxy) is 2. The lowest BCUT2D eigenvalue weighted by Crippen LogP contribution is -2.37. The van der Waals surface area contributed by atoms with Gasteiger partial charge in [-0.15, -0.1) is 0 Å². The highest BCUT2D eigenvalue weighted by atomic mass is 32.2. The summed E-state index contributed by atoms with van der Waals surface area (Å²) in [7, 11) is -9.41. The first-order valence-corrected chi connectivity index (χ1v) is 16.6. The van der Waals surface area contributed by atoms with Gasteiger partial charge in [-0.25, -0.2) is 28.9 Å². The van der Waals surface area contributed by atoms with Gasteiger partial charge in [0, 0.05) is 5.92 Å². The Bertz CT molecular complexity index is 2010. The number of anilines is 2. The number of halogens is 1. The summed E-state index contributed by atoms with van der Waals surface area (Å²) in [6.45, 7) is 0.800. The average Bonchev–Trinajstić information content (AvgIpc) is 3.72. The molecule has 3 aliphatic rings. The van der Waals surface area contributed by atoms with Crippen LogP contribution in [0.5, 0.6) is 0 Å². The molecule has 6 N–H and O–H groups in total. The summed E-state index contributed by atoms with van der Waals surface area (Å²) in [5, 5.41) is 0. The lowest BCUT2D eigenvalue weighted by atomic mass is 9.99. The fourth-order valence-electron chi connectivity index (χ4n) is 5.74. The van der Waals surface area contributed by atoms with Crippen molar-refractivity contribution in [1.29, 1.82) is 0 Å². The highest BCUT2D eigenvalue weighted by Crippen LogP contribution is 2.52. The maximum Gasteiger partial charge on any atom is 0.472 e. The summed E-state index contributed by atoms with van der Waals surface area (Å²) in [6, 6.07) is 0. The van der Waals surface area contributed by atoms with Crippen LogP contribution in [0.3, 0.4) is 0 Å². The van der Waals surface area contributed by atoms with E-state index in [1.54, 1.807) is 6.92 Å². The van der Waals surface area contributed by atoms with E-state index in [0.29, 0.717) is 0 Å². The number of nitrogens with two attached hydrogens (primary N) is 2. The predicted molar refractivity (Wildman–Crippen MR) is 148 cm³/mol. The van der Waals surface area contributed by atoms with Crippen LogP contribution in [-0.2, 0) is 37.4 Å². The van der Waals surface area contributed by atoms with Gasteiger partial charge in [0.05, 0.1) is 31.1 Å². The number of phosphoric acid groups is 1. The molecular weight excluding hydrogens is 646 g/mol. The van der Waals surface area contributed by atoms with Gasteiger partial charge in [-0.1, -0.05) is 6.92 Å². The van der Waals surface area contributed by atoms with Crippen molar-refractivity contribution < 1.29 is 45.0 Å². The molecule has 0 spiro atoms. The first kappa shape index (κ1) is 30.0. The van der Waals surface area contributed by atoms with Crippen molar-refractivity contribution in [2.24, 2.45) is 5.92 Å². The SMILES string of the molecule is C[C@H]1[C@H]2OP(=O)(O)OC[C@H]3O[C@@H](n4cnc5c(N)ncnc54)[C@H](F)C3OS(=O)(=O)CC[C@H]1O[C@H]2n1cnc2c(=O)[nH]c(N)nc21. The molecule has 0 amide bonds. The Labute approximate surface area is 251 Å². The Morgan fingerprint density at radius 3 is 2.53 bits per heavy atom. The Kier molecular flexibility index (Phi) is 7.16. The molecule has 0 aromatic carbocycles. The van der Waals surface area contributed by atoms with Gasteiger partial charge in [-0.2, -0.15) is 13.4 Å². The third kappa shape index (κ3) is 5.25. The molecule has 3 aliphatic heterocycles. The van der Waals surface area contributed by atoms with Crippen LogP contribution in [0.2, 0.25) is 0 Å². The lowest BCUT2D eigenvalue weighted by Gasteiger charge is -2.25. The minimum absolute atomic E-state index is 0.00487. The Hall–Kier alpha value is -3.63. The van der Waals surface area contributed by atoms with Crippen molar-refractivity contribution in [3.05, 3.63) is 29.3 Å². The third-order valence-electron chi connectivity index (χ3n) is 7.92. The monoisotopic (exact) mass is 672 g/mol. The Morgan fingerprint density at radius 1 is 1.04 bits per heavy atom. The van der Waals surface area contributed by atoms with Crippen LogP contribution in [0.1, 0.15) is 25.8 Å². The van der Waals surface area contributed by atoms with E-state index >= 15 is 4.39 Å². The average molecular weight is 673 g/mol. The Balaban J connectivity index is 1.21. The van der Waals surface area contributed by atoms with E-state index in [-0.39, 0.29) is 40.5 Å². The van der Waals surface area contributed by atoms with Crippen molar-refractivity contribution in [1.82, 2.24) is 39.0 Å². The summed E-state index contributed by atoms with van der Waals surface area (Å²) >= 11 is 0. The van der Waals surface area contributed by atoms with Crippen LogP contribution in [0.25, 0.3) is 22.3 Å². The van der Waals surface area contributed by atoms with Crippen molar-refractivity contribution >= 4 is 52.0 Å². The van der Waals surface area contributed by atoms with E-state index in [2.05, 4.69) is 29.9 Å². The smallest absolute Gasteiger partial charge is 0.382 e. The van der Waals surface area contributed by atoms with E-state index < -0.39 is 84.8 Å². The number of rotatable bonds is 2. The van der Waals surface area contributed by atoms with Gasteiger partial charge in [0.1, 0.15) is 30.2 Å². The zero-order valence-corrected chi connectivity index (χ0v) is 24.8. The summed E-state index contributed by atoms with van der Waals surface area (Å²) in [5.74, 6) is -1.52. The number of aromatic nitrogens is 8. The molecule has 0 radical (unpaired) electrons. The number of nitrogens with zero attached hydrogens (tertiary/aromatic N) is 7. The quantitative estimate of drug-likeness (QED) is 0.154. The number of imidazole rings is 2. The standard InChI is InChI=1S/C22H26FN10O10PS/c1-8-9-2-3-45(37,38)43-15-10(41-20(11(15)23)32-6-28-12-16(24)26-5-27-17(12)32)4-39-44(35,36)42-14(8)21(40-9)33-7-29-13-18(33)30-22(25)31-19(13)34/h5-11,14-15,20-21H,2-4H2,1H3,(H,35,36)(H2,24,26,27)(H3,25,30,31,34)/t8-,9-,10-,11-,14-,15?,20-,21-/m1/s1. The molecule has 7 rings (SSSR count). The number of fused-ring (bicyclic) bond motifs is 5. The summed E-state index contributed by atoms with van der Waals surface area (Å²) in [5.41, 5.74) is 11.1. The fraction of sp³-hybridized carbons (Fsp3) is 0.545. The second-order valence-electron chi connectivity index (χ2n) is 10.7. The first-order chi connectivity index (χ1) is 21.3. The van der Waals surface area contributed by atoms with Crippen molar-refractivity contribution in [3.63, 3.8) is 0 Å². The van der Waals surface area contributed by atoms with Gasteiger partial charge in [-0.3, -0.25) is 32.1 Å². The number of nitrogen functional groups attached to an aromatic ring is 2. The molecule has 20 nitrogen and oxygen atoms in total. The van der Waals surface area contributed by atoms with E-state index in [0.717, 1.165) is 6.33 Å². The van der Waals surface area contributed by atoms with Crippen LogP contribution < -0.4 is 17.0 Å².